The molecule has 1 aliphatic heterocycles. The Morgan fingerprint density at radius 1 is 1.54 bits per heavy atom. The molecule has 1 N–H and O–H groups in total. The van der Waals surface area contributed by atoms with Crippen molar-refractivity contribution in [2.75, 3.05) is 17.6 Å². The van der Waals surface area contributed by atoms with Crippen LogP contribution in [0.2, 0.25) is 0 Å². The van der Waals surface area contributed by atoms with E-state index in [2.05, 4.69) is 26.4 Å². The van der Waals surface area contributed by atoms with Gasteiger partial charge in [-0.05, 0) is 18.6 Å². The van der Waals surface area contributed by atoms with Gasteiger partial charge in [0.2, 0.25) is 5.13 Å². The predicted octanol–water partition coefficient (Wildman–Crippen LogP) is 2.24. The number of thioether (sulfide) groups is 1. The second-order valence-electron chi connectivity index (χ2n) is 3.12. The fourth-order valence-corrected chi connectivity index (χ4v) is 3.10. The SMILES string of the molecule is c1nsc(NCC2CCCCS2)n1. The number of rotatable bonds is 3. The van der Waals surface area contributed by atoms with E-state index in [1.165, 1.54) is 36.5 Å². The maximum absolute atomic E-state index is 4.09. The van der Waals surface area contributed by atoms with Crippen molar-refractivity contribution in [2.45, 2.75) is 24.5 Å². The molecule has 0 amide bonds. The quantitative estimate of drug-likeness (QED) is 0.839. The van der Waals surface area contributed by atoms with E-state index in [-0.39, 0.29) is 0 Å². The molecule has 2 heterocycles. The number of hydrogen-bond acceptors (Lipinski definition) is 5. The first-order valence-corrected chi connectivity index (χ1v) is 6.39. The summed E-state index contributed by atoms with van der Waals surface area (Å²) in [5.74, 6) is 1.32. The lowest BCUT2D eigenvalue weighted by atomic mass is 10.2. The van der Waals surface area contributed by atoms with Crippen LogP contribution in [-0.2, 0) is 0 Å². The molecule has 72 valence electrons. The van der Waals surface area contributed by atoms with Crippen molar-refractivity contribution in [2.24, 2.45) is 0 Å². The highest BCUT2D eigenvalue weighted by Gasteiger charge is 2.13. The first-order chi connectivity index (χ1) is 6.45. The summed E-state index contributed by atoms with van der Waals surface area (Å²) in [6.07, 6.45) is 5.72. The molecular weight excluding hydrogens is 202 g/mol. The maximum Gasteiger partial charge on any atom is 0.202 e. The predicted molar refractivity (Wildman–Crippen MR) is 58.5 cm³/mol. The molecule has 0 aromatic carbocycles. The third kappa shape index (κ3) is 2.84. The van der Waals surface area contributed by atoms with Gasteiger partial charge in [-0.15, -0.1) is 0 Å². The molecule has 1 aliphatic rings. The van der Waals surface area contributed by atoms with Crippen molar-refractivity contribution in [1.29, 1.82) is 0 Å². The largest absolute Gasteiger partial charge is 0.359 e. The molecule has 13 heavy (non-hydrogen) atoms. The molecule has 1 aromatic heterocycles. The summed E-state index contributed by atoms with van der Waals surface area (Å²) in [5.41, 5.74) is 0. The summed E-state index contributed by atoms with van der Waals surface area (Å²) in [4.78, 5) is 4.09. The minimum atomic E-state index is 0.776. The summed E-state index contributed by atoms with van der Waals surface area (Å²) in [6.45, 7) is 1.04. The van der Waals surface area contributed by atoms with Gasteiger partial charge in [0, 0.05) is 23.3 Å². The summed E-state index contributed by atoms with van der Waals surface area (Å²) >= 11 is 3.51. The Balaban J connectivity index is 1.72. The second-order valence-corrected chi connectivity index (χ2v) is 5.30. The van der Waals surface area contributed by atoms with Gasteiger partial charge in [-0.2, -0.15) is 16.1 Å². The Labute approximate surface area is 86.5 Å². The van der Waals surface area contributed by atoms with Crippen LogP contribution in [0.3, 0.4) is 0 Å². The van der Waals surface area contributed by atoms with Crippen molar-refractivity contribution in [3.8, 4) is 0 Å². The molecule has 1 fully saturated rings. The summed E-state index contributed by atoms with van der Waals surface area (Å²) in [6, 6.07) is 0. The van der Waals surface area contributed by atoms with E-state index >= 15 is 0 Å². The average Bonchev–Trinajstić information content (AvgIpc) is 2.69. The third-order valence-corrected chi connectivity index (χ3v) is 4.14. The van der Waals surface area contributed by atoms with Gasteiger partial charge < -0.3 is 5.32 Å². The van der Waals surface area contributed by atoms with Crippen LogP contribution >= 0.6 is 23.3 Å². The highest BCUT2D eigenvalue weighted by atomic mass is 32.2. The molecule has 3 nitrogen and oxygen atoms in total. The second kappa shape index (κ2) is 4.81. The summed E-state index contributed by atoms with van der Waals surface area (Å²) in [7, 11) is 0. The van der Waals surface area contributed by atoms with Crippen LogP contribution in [0.1, 0.15) is 19.3 Å². The smallest absolute Gasteiger partial charge is 0.202 e. The number of nitrogens with one attached hydrogen (secondary N) is 1. The van der Waals surface area contributed by atoms with Crippen LogP contribution < -0.4 is 5.32 Å². The standard InChI is InChI=1S/C8H13N3S2/c1-2-4-12-7(3-1)5-9-8-10-6-11-13-8/h6-7H,1-5H2,(H,9,10,11). The molecule has 1 unspecified atom stereocenters. The Kier molecular flexibility index (Phi) is 3.43. The maximum atomic E-state index is 4.09. The summed E-state index contributed by atoms with van der Waals surface area (Å²) in [5, 5.41) is 5.04. The lowest BCUT2D eigenvalue weighted by Gasteiger charge is -2.20. The van der Waals surface area contributed by atoms with Crippen molar-refractivity contribution in [1.82, 2.24) is 9.36 Å². The zero-order valence-electron chi connectivity index (χ0n) is 7.40. The molecule has 0 saturated carbocycles. The van der Waals surface area contributed by atoms with Crippen LogP contribution in [0.15, 0.2) is 6.33 Å². The van der Waals surface area contributed by atoms with E-state index in [1.807, 2.05) is 0 Å². The third-order valence-electron chi connectivity index (χ3n) is 2.12. The van der Waals surface area contributed by atoms with Crippen LogP contribution in [0.25, 0.3) is 0 Å². The Bertz CT molecular complexity index is 232. The van der Waals surface area contributed by atoms with Crippen LogP contribution in [0.5, 0.6) is 0 Å². The topological polar surface area (TPSA) is 37.8 Å². The van der Waals surface area contributed by atoms with Gasteiger partial charge in [-0.1, -0.05) is 6.42 Å². The van der Waals surface area contributed by atoms with Crippen molar-refractivity contribution in [3.05, 3.63) is 6.33 Å². The van der Waals surface area contributed by atoms with Gasteiger partial charge in [0.15, 0.2) is 0 Å². The average molecular weight is 215 g/mol. The van der Waals surface area contributed by atoms with Gasteiger partial charge in [-0.25, -0.2) is 4.98 Å². The fraction of sp³-hybridized carbons (Fsp3) is 0.750. The van der Waals surface area contributed by atoms with Crippen LogP contribution in [0, 0.1) is 0 Å². The monoisotopic (exact) mass is 215 g/mol. The van der Waals surface area contributed by atoms with Gasteiger partial charge in [0.25, 0.3) is 0 Å². The number of nitrogens with zero attached hydrogens (tertiary/aromatic N) is 2. The molecule has 0 bridgehead atoms. The van der Waals surface area contributed by atoms with E-state index in [0.29, 0.717) is 0 Å². The minimum absolute atomic E-state index is 0.776. The molecular formula is C8H13N3S2. The first-order valence-electron chi connectivity index (χ1n) is 4.57. The van der Waals surface area contributed by atoms with Gasteiger partial charge in [0.1, 0.15) is 6.33 Å². The normalized spacial score (nSPS) is 22.9. The number of hydrogen-bond donors (Lipinski definition) is 1. The highest BCUT2D eigenvalue weighted by molar-refractivity contribution is 7.99. The molecule has 1 aromatic rings. The van der Waals surface area contributed by atoms with E-state index in [0.717, 1.165) is 16.9 Å². The Morgan fingerprint density at radius 3 is 3.23 bits per heavy atom. The molecule has 0 aliphatic carbocycles. The molecule has 0 spiro atoms. The lowest BCUT2D eigenvalue weighted by molar-refractivity contribution is 0.677. The summed E-state index contributed by atoms with van der Waals surface area (Å²) < 4.78 is 3.95. The Morgan fingerprint density at radius 2 is 2.54 bits per heavy atom. The van der Waals surface area contributed by atoms with Crippen LogP contribution in [-0.4, -0.2) is 26.9 Å². The van der Waals surface area contributed by atoms with Gasteiger partial charge in [0.05, 0.1) is 0 Å². The first kappa shape index (κ1) is 9.27. The van der Waals surface area contributed by atoms with Crippen molar-refractivity contribution < 1.29 is 0 Å². The molecule has 1 saturated heterocycles. The molecule has 2 rings (SSSR count). The van der Waals surface area contributed by atoms with E-state index in [9.17, 15) is 0 Å². The number of anilines is 1. The zero-order chi connectivity index (χ0) is 8.93. The van der Waals surface area contributed by atoms with Gasteiger partial charge >= 0.3 is 0 Å². The van der Waals surface area contributed by atoms with Crippen molar-refractivity contribution >= 4 is 28.4 Å². The molecule has 0 radical (unpaired) electrons. The number of aromatic nitrogens is 2. The minimum Gasteiger partial charge on any atom is -0.359 e. The lowest BCUT2D eigenvalue weighted by Crippen LogP contribution is -2.19. The van der Waals surface area contributed by atoms with E-state index < -0.39 is 0 Å². The molecule has 5 heteroatoms. The Hall–Kier alpha value is -0.290. The fourth-order valence-electron chi connectivity index (χ4n) is 1.42. The zero-order valence-corrected chi connectivity index (χ0v) is 9.03. The highest BCUT2D eigenvalue weighted by Crippen LogP contribution is 2.25. The van der Waals surface area contributed by atoms with Gasteiger partial charge in [-0.3, -0.25) is 0 Å². The van der Waals surface area contributed by atoms with E-state index in [4.69, 9.17) is 0 Å². The molecule has 1 atom stereocenters. The van der Waals surface area contributed by atoms with E-state index in [1.54, 1.807) is 6.33 Å². The van der Waals surface area contributed by atoms with Crippen molar-refractivity contribution in [3.63, 3.8) is 0 Å². The van der Waals surface area contributed by atoms with Crippen LogP contribution in [0.4, 0.5) is 5.13 Å².